The van der Waals surface area contributed by atoms with Gasteiger partial charge in [0.25, 0.3) is 0 Å². The lowest BCUT2D eigenvalue weighted by Crippen LogP contribution is -1.98. The minimum Gasteiger partial charge on any atom is -0.288 e. The van der Waals surface area contributed by atoms with Crippen molar-refractivity contribution in [2.75, 3.05) is 0 Å². The second kappa shape index (κ2) is 5.63. The molecule has 0 saturated heterocycles. The highest BCUT2D eigenvalue weighted by Crippen LogP contribution is 2.13. The van der Waals surface area contributed by atoms with E-state index in [9.17, 15) is 9.18 Å². The van der Waals surface area contributed by atoms with E-state index in [1.165, 1.54) is 18.3 Å². The molecule has 0 N–H and O–H groups in total. The highest BCUT2D eigenvalue weighted by Gasteiger charge is 2.04. The maximum absolute atomic E-state index is 12.9. The third-order valence-electron chi connectivity index (χ3n) is 3.03. The topological polar surface area (TPSA) is 42.9 Å². The number of ketones is 1. The fraction of sp³-hybridized carbons (Fsp3) is 0. The molecule has 3 nitrogen and oxygen atoms in total. The summed E-state index contributed by atoms with van der Waals surface area (Å²) in [5.74, 6) is -0.800. The Labute approximate surface area is 120 Å². The van der Waals surface area contributed by atoms with Crippen LogP contribution in [0.15, 0.2) is 60.8 Å². The molecule has 0 saturated carbocycles. The maximum Gasteiger partial charge on any atom is 0.213 e. The van der Waals surface area contributed by atoms with Crippen molar-refractivity contribution in [2.24, 2.45) is 0 Å². The van der Waals surface area contributed by atoms with E-state index in [0.717, 1.165) is 10.9 Å². The lowest BCUT2D eigenvalue weighted by atomic mass is 10.1. The van der Waals surface area contributed by atoms with Crippen LogP contribution >= 0.6 is 0 Å². The van der Waals surface area contributed by atoms with Crippen LogP contribution in [-0.2, 0) is 0 Å². The van der Waals surface area contributed by atoms with Gasteiger partial charge >= 0.3 is 0 Å². The van der Waals surface area contributed by atoms with Crippen molar-refractivity contribution < 1.29 is 9.18 Å². The van der Waals surface area contributed by atoms with Gasteiger partial charge in [0.05, 0.1) is 5.52 Å². The number of benzene rings is 1. The summed E-state index contributed by atoms with van der Waals surface area (Å²) in [7, 11) is 0. The first-order valence-corrected chi connectivity index (χ1v) is 6.42. The standard InChI is InChI=1S/C17H11FN2O/c18-17-11-12(9-10-19-17)5-8-16(21)15-7-6-13-3-1-2-4-14(13)20-15/h1-11H. The van der Waals surface area contributed by atoms with Gasteiger partial charge in [-0.05, 0) is 29.8 Å². The van der Waals surface area contributed by atoms with Crippen molar-refractivity contribution >= 4 is 22.8 Å². The molecule has 0 aliphatic carbocycles. The summed E-state index contributed by atoms with van der Waals surface area (Å²) < 4.78 is 12.9. The molecule has 2 heterocycles. The van der Waals surface area contributed by atoms with E-state index in [1.54, 1.807) is 18.2 Å². The number of fused-ring (bicyclic) bond motifs is 1. The van der Waals surface area contributed by atoms with Gasteiger partial charge in [-0.3, -0.25) is 4.79 Å². The van der Waals surface area contributed by atoms with E-state index in [4.69, 9.17) is 0 Å². The molecule has 0 amide bonds. The number of nitrogens with zero attached hydrogens (tertiary/aromatic N) is 2. The van der Waals surface area contributed by atoms with Gasteiger partial charge in [-0.2, -0.15) is 4.39 Å². The van der Waals surface area contributed by atoms with Crippen molar-refractivity contribution in [3.05, 3.63) is 78.0 Å². The number of hydrogen-bond donors (Lipinski definition) is 0. The summed E-state index contributed by atoms with van der Waals surface area (Å²) in [5.41, 5.74) is 1.71. The first kappa shape index (κ1) is 13.1. The molecule has 1 aromatic carbocycles. The average Bonchev–Trinajstić information content (AvgIpc) is 2.52. The van der Waals surface area contributed by atoms with Crippen molar-refractivity contribution in [3.8, 4) is 0 Å². The second-order valence-electron chi connectivity index (χ2n) is 4.50. The van der Waals surface area contributed by atoms with Gasteiger partial charge < -0.3 is 0 Å². The number of hydrogen-bond acceptors (Lipinski definition) is 3. The Balaban J connectivity index is 1.86. The summed E-state index contributed by atoms with van der Waals surface area (Å²) in [6, 6.07) is 14.0. The van der Waals surface area contributed by atoms with Gasteiger partial charge in [-0.1, -0.05) is 30.3 Å². The number of carbonyl (C=O) groups excluding carboxylic acids is 1. The van der Waals surface area contributed by atoms with Crippen LogP contribution in [0.1, 0.15) is 16.1 Å². The quantitative estimate of drug-likeness (QED) is 0.417. The summed E-state index contributed by atoms with van der Waals surface area (Å²) in [5, 5.41) is 0.981. The van der Waals surface area contributed by atoms with Gasteiger partial charge in [0.2, 0.25) is 11.7 Å². The SMILES string of the molecule is O=C(C=Cc1ccnc(F)c1)c1ccc2ccccc2n1. The molecule has 0 radical (unpaired) electrons. The van der Waals surface area contributed by atoms with Crippen LogP contribution in [0.25, 0.3) is 17.0 Å². The smallest absolute Gasteiger partial charge is 0.213 e. The zero-order chi connectivity index (χ0) is 14.7. The molecule has 0 bridgehead atoms. The number of para-hydroxylation sites is 1. The molecule has 0 unspecified atom stereocenters. The lowest BCUT2D eigenvalue weighted by molar-refractivity contribution is 0.104. The number of aromatic nitrogens is 2. The lowest BCUT2D eigenvalue weighted by Gasteiger charge is -1.99. The summed E-state index contributed by atoms with van der Waals surface area (Å²) >= 11 is 0. The zero-order valence-corrected chi connectivity index (χ0v) is 11.0. The maximum atomic E-state index is 12.9. The Morgan fingerprint density at radius 2 is 1.95 bits per heavy atom. The van der Waals surface area contributed by atoms with Crippen LogP contribution in [0.4, 0.5) is 4.39 Å². The van der Waals surface area contributed by atoms with Crippen molar-refractivity contribution in [1.82, 2.24) is 9.97 Å². The number of halogens is 1. The number of pyridine rings is 2. The summed E-state index contributed by atoms with van der Waals surface area (Å²) in [4.78, 5) is 19.9. The molecular formula is C17H11FN2O. The summed E-state index contributed by atoms with van der Waals surface area (Å²) in [6.45, 7) is 0. The fourth-order valence-corrected chi connectivity index (χ4v) is 1.98. The van der Waals surface area contributed by atoms with E-state index in [-0.39, 0.29) is 5.78 Å². The Kier molecular flexibility index (Phi) is 3.51. The van der Waals surface area contributed by atoms with Crippen LogP contribution in [-0.4, -0.2) is 15.8 Å². The van der Waals surface area contributed by atoms with Gasteiger partial charge in [0.1, 0.15) is 5.69 Å². The van der Waals surface area contributed by atoms with Crippen LogP contribution in [0, 0.1) is 5.95 Å². The molecule has 0 fully saturated rings. The third-order valence-corrected chi connectivity index (χ3v) is 3.03. The molecule has 102 valence electrons. The highest BCUT2D eigenvalue weighted by molar-refractivity contribution is 6.06. The largest absolute Gasteiger partial charge is 0.288 e. The van der Waals surface area contributed by atoms with Crippen LogP contribution in [0.2, 0.25) is 0 Å². The number of carbonyl (C=O) groups is 1. The van der Waals surface area contributed by atoms with Crippen molar-refractivity contribution in [2.45, 2.75) is 0 Å². The molecule has 3 aromatic rings. The van der Waals surface area contributed by atoms with E-state index in [1.807, 2.05) is 30.3 Å². The highest BCUT2D eigenvalue weighted by atomic mass is 19.1. The zero-order valence-electron chi connectivity index (χ0n) is 11.0. The predicted octanol–water partition coefficient (Wildman–Crippen LogP) is 3.67. The molecule has 21 heavy (non-hydrogen) atoms. The van der Waals surface area contributed by atoms with E-state index < -0.39 is 5.95 Å². The minimum atomic E-state index is -0.576. The number of allylic oxidation sites excluding steroid dienone is 1. The van der Waals surface area contributed by atoms with E-state index >= 15 is 0 Å². The molecule has 0 aliphatic heterocycles. The van der Waals surface area contributed by atoms with Gasteiger partial charge in [0.15, 0.2) is 0 Å². The fourth-order valence-electron chi connectivity index (χ4n) is 1.98. The summed E-state index contributed by atoms with van der Waals surface area (Å²) in [6.07, 6.45) is 4.28. The van der Waals surface area contributed by atoms with Crippen LogP contribution in [0.3, 0.4) is 0 Å². The average molecular weight is 278 g/mol. The van der Waals surface area contributed by atoms with Crippen LogP contribution < -0.4 is 0 Å². The molecule has 4 heteroatoms. The number of rotatable bonds is 3. The first-order chi connectivity index (χ1) is 10.2. The molecule has 0 aliphatic rings. The van der Waals surface area contributed by atoms with E-state index in [2.05, 4.69) is 9.97 Å². The Bertz CT molecular complexity index is 843. The first-order valence-electron chi connectivity index (χ1n) is 6.42. The minimum absolute atomic E-state index is 0.224. The van der Waals surface area contributed by atoms with Gasteiger partial charge in [-0.25, -0.2) is 9.97 Å². The van der Waals surface area contributed by atoms with E-state index in [0.29, 0.717) is 11.3 Å². The van der Waals surface area contributed by atoms with Crippen molar-refractivity contribution in [1.29, 1.82) is 0 Å². The van der Waals surface area contributed by atoms with Crippen molar-refractivity contribution in [3.63, 3.8) is 0 Å². The predicted molar refractivity (Wildman–Crippen MR) is 79.3 cm³/mol. The van der Waals surface area contributed by atoms with Gasteiger partial charge in [-0.15, -0.1) is 0 Å². The molecule has 0 atom stereocenters. The van der Waals surface area contributed by atoms with Crippen LogP contribution in [0.5, 0.6) is 0 Å². The molecule has 0 spiro atoms. The third kappa shape index (κ3) is 3.00. The molecular weight excluding hydrogens is 267 g/mol. The van der Waals surface area contributed by atoms with Gasteiger partial charge in [0, 0.05) is 17.6 Å². The Morgan fingerprint density at radius 1 is 1.10 bits per heavy atom. The molecule has 3 rings (SSSR count). The monoisotopic (exact) mass is 278 g/mol. The normalized spacial score (nSPS) is 11.1. The molecule has 2 aromatic heterocycles. The Morgan fingerprint density at radius 3 is 2.81 bits per heavy atom. The second-order valence-corrected chi connectivity index (χ2v) is 4.50. The Hall–Kier alpha value is -2.88.